The summed E-state index contributed by atoms with van der Waals surface area (Å²) >= 11 is 0. The summed E-state index contributed by atoms with van der Waals surface area (Å²) in [6, 6.07) is 0. The predicted molar refractivity (Wildman–Crippen MR) is 44.4 cm³/mol. The fraction of sp³-hybridized carbons (Fsp3) is 0.750. The molecule has 1 unspecified atom stereocenters. The lowest BCUT2D eigenvalue weighted by atomic mass is 10.3. The van der Waals surface area contributed by atoms with Crippen molar-refractivity contribution < 1.29 is 19.1 Å². The van der Waals surface area contributed by atoms with Gasteiger partial charge >= 0.3 is 0 Å². The first-order valence-electron chi connectivity index (χ1n) is 4.48. The molecule has 1 aliphatic rings. The standard InChI is InChI=1S/C8H12N2O4/c1-5(11)8-9-7(10-14-8)6-4-12-2-3-13-6/h5-6,11H,2-4H2,1H3/t5-,6?/m0/s1. The van der Waals surface area contributed by atoms with Crippen molar-refractivity contribution in [3.63, 3.8) is 0 Å². The first kappa shape index (κ1) is 9.57. The van der Waals surface area contributed by atoms with Gasteiger partial charge in [-0.3, -0.25) is 0 Å². The second kappa shape index (κ2) is 4.04. The molecule has 1 aromatic heterocycles. The maximum absolute atomic E-state index is 9.17. The van der Waals surface area contributed by atoms with Gasteiger partial charge in [-0.25, -0.2) is 0 Å². The van der Waals surface area contributed by atoms with E-state index in [0.717, 1.165) is 0 Å². The highest BCUT2D eigenvalue weighted by Gasteiger charge is 2.23. The van der Waals surface area contributed by atoms with Gasteiger partial charge in [0, 0.05) is 0 Å². The highest BCUT2D eigenvalue weighted by Crippen LogP contribution is 2.19. The van der Waals surface area contributed by atoms with E-state index in [2.05, 4.69) is 10.1 Å². The molecule has 0 aliphatic carbocycles. The number of nitrogens with zero attached hydrogens (tertiary/aromatic N) is 2. The molecule has 0 aromatic carbocycles. The number of hydrogen-bond donors (Lipinski definition) is 1. The Bertz CT molecular complexity index is 293. The lowest BCUT2D eigenvalue weighted by molar-refractivity contribution is -0.0941. The quantitative estimate of drug-likeness (QED) is 0.735. The Morgan fingerprint density at radius 2 is 2.36 bits per heavy atom. The van der Waals surface area contributed by atoms with Crippen LogP contribution >= 0.6 is 0 Å². The van der Waals surface area contributed by atoms with E-state index in [-0.39, 0.29) is 12.0 Å². The molecule has 2 atom stereocenters. The van der Waals surface area contributed by atoms with Crippen molar-refractivity contribution >= 4 is 0 Å². The summed E-state index contributed by atoms with van der Waals surface area (Å²) in [6.45, 7) is 3.12. The third-order valence-corrected chi connectivity index (χ3v) is 1.92. The van der Waals surface area contributed by atoms with Gasteiger partial charge < -0.3 is 19.1 Å². The van der Waals surface area contributed by atoms with Gasteiger partial charge in [-0.2, -0.15) is 4.98 Å². The van der Waals surface area contributed by atoms with Crippen LogP contribution in [0.1, 0.15) is 30.8 Å². The van der Waals surface area contributed by atoms with E-state index in [9.17, 15) is 0 Å². The van der Waals surface area contributed by atoms with Gasteiger partial charge in [-0.15, -0.1) is 0 Å². The van der Waals surface area contributed by atoms with Crippen LogP contribution in [0, 0.1) is 0 Å². The molecule has 14 heavy (non-hydrogen) atoms. The SMILES string of the molecule is C[C@H](O)c1nc(C2COCCO2)no1. The van der Waals surface area contributed by atoms with Crippen LogP contribution in [-0.2, 0) is 9.47 Å². The topological polar surface area (TPSA) is 77.6 Å². The summed E-state index contributed by atoms with van der Waals surface area (Å²) in [4.78, 5) is 4.00. The van der Waals surface area contributed by atoms with E-state index in [1.54, 1.807) is 6.92 Å². The minimum Gasteiger partial charge on any atom is -0.384 e. The smallest absolute Gasteiger partial charge is 0.255 e. The van der Waals surface area contributed by atoms with Crippen LogP contribution in [0.4, 0.5) is 0 Å². The Balaban J connectivity index is 2.07. The molecule has 0 saturated carbocycles. The van der Waals surface area contributed by atoms with E-state index in [0.29, 0.717) is 25.6 Å². The van der Waals surface area contributed by atoms with Gasteiger partial charge in [0.1, 0.15) is 12.2 Å². The molecular weight excluding hydrogens is 188 g/mol. The maximum atomic E-state index is 9.17. The molecule has 1 fully saturated rings. The number of aliphatic hydroxyl groups excluding tert-OH is 1. The van der Waals surface area contributed by atoms with Crippen LogP contribution in [0.5, 0.6) is 0 Å². The third-order valence-electron chi connectivity index (χ3n) is 1.92. The summed E-state index contributed by atoms with van der Waals surface area (Å²) < 4.78 is 15.4. The van der Waals surface area contributed by atoms with Gasteiger partial charge in [-0.1, -0.05) is 5.16 Å². The zero-order valence-corrected chi connectivity index (χ0v) is 7.84. The average Bonchev–Trinajstić information content (AvgIpc) is 2.68. The van der Waals surface area contributed by atoms with E-state index in [1.165, 1.54) is 0 Å². The molecule has 2 heterocycles. The van der Waals surface area contributed by atoms with Crippen LogP contribution in [0.15, 0.2) is 4.52 Å². The molecule has 0 spiro atoms. The van der Waals surface area contributed by atoms with Crippen LogP contribution in [0.3, 0.4) is 0 Å². The molecule has 2 rings (SSSR count). The van der Waals surface area contributed by atoms with Crippen LogP contribution < -0.4 is 0 Å². The molecule has 6 nitrogen and oxygen atoms in total. The highest BCUT2D eigenvalue weighted by atomic mass is 16.6. The molecule has 0 radical (unpaired) electrons. The van der Waals surface area contributed by atoms with Crippen molar-refractivity contribution in [1.82, 2.24) is 10.1 Å². The van der Waals surface area contributed by atoms with Crippen molar-refractivity contribution in [3.8, 4) is 0 Å². The zero-order chi connectivity index (χ0) is 9.97. The minimum absolute atomic E-state index is 0.203. The largest absolute Gasteiger partial charge is 0.384 e. The molecule has 0 amide bonds. The zero-order valence-electron chi connectivity index (χ0n) is 7.84. The first-order valence-corrected chi connectivity index (χ1v) is 4.48. The van der Waals surface area contributed by atoms with Gasteiger partial charge in [-0.05, 0) is 6.92 Å². The fourth-order valence-electron chi connectivity index (χ4n) is 1.18. The minimum atomic E-state index is -0.749. The van der Waals surface area contributed by atoms with E-state index < -0.39 is 6.10 Å². The number of rotatable bonds is 2. The molecule has 1 saturated heterocycles. The monoisotopic (exact) mass is 200 g/mol. The number of aromatic nitrogens is 2. The second-order valence-corrected chi connectivity index (χ2v) is 3.10. The Labute approximate surface area is 80.8 Å². The Kier molecular flexibility index (Phi) is 2.76. The average molecular weight is 200 g/mol. The summed E-state index contributed by atoms with van der Waals surface area (Å²) in [5.41, 5.74) is 0. The number of hydrogen-bond acceptors (Lipinski definition) is 6. The molecule has 1 aliphatic heterocycles. The molecule has 1 aromatic rings. The third kappa shape index (κ3) is 1.92. The van der Waals surface area contributed by atoms with Gasteiger partial charge in [0.05, 0.1) is 19.8 Å². The Hall–Kier alpha value is -0.980. The summed E-state index contributed by atoms with van der Waals surface area (Å²) in [7, 11) is 0. The molecule has 0 bridgehead atoms. The van der Waals surface area contributed by atoms with Crippen molar-refractivity contribution in [2.45, 2.75) is 19.1 Å². The Morgan fingerprint density at radius 3 is 2.93 bits per heavy atom. The van der Waals surface area contributed by atoms with Gasteiger partial charge in [0.2, 0.25) is 5.82 Å². The molecule has 1 N–H and O–H groups in total. The summed E-state index contributed by atoms with van der Waals surface area (Å²) in [5.74, 6) is 0.634. The van der Waals surface area contributed by atoms with E-state index in [1.807, 2.05) is 0 Å². The fourth-order valence-corrected chi connectivity index (χ4v) is 1.18. The summed E-state index contributed by atoms with van der Waals surface area (Å²) in [6.07, 6.45) is -1.03. The van der Waals surface area contributed by atoms with E-state index >= 15 is 0 Å². The maximum Gasteiger partial charge on any atom is 0.255 e. The van der Waals surface area contributed by atoms with Gasteiger partial charge in [0.15, 0.2) is 0 Å². The Morgan fingerprint density at radius 1 is 1.50 bits per heavy atom. The van der Waals surface area contributed by atoms with Crippen molar-refractivity contribution in [3.05, 3.63) is 11.7 Å². The second-order valence-electron chi connectivity index (χ2n) is 3.10. The lowest BCUT2D eigenvalue weighted by Crippen LogP contribution is -2.22. The summed E-state index contributed by atoms with van der Waals surface area (Å²) in [5, 5.41) is 12.9. The lowest BCUT2D eigenvalue weighted by Gasteiger charge is -2.19. The van der Waals surface area contributed by atoms with Crippen molar-refractivity contribution in [2.75, 3.05) is 19.8 Å². The first-order chi connectivity index (χ1) is 6.77. The number of aliphatic hydroxyl groups is 1. The van der Waals surface area contributed by atoms with Crippen LogP contribution in [0.2, 0.25) is 0 Å². The van der Waals surface area contributed by atoms with Crippen molar-refractivity contribution in [2.24, 2.45) is 0 Å². The normalized spacial score (nSPS) is 24.9. The highest BCUT2D eigenvalue weighted by molar-refractivity contribution is 4.93. The number of ether oxygens (including phenoxy) is 2. The van der Waals surface area contributed by atoms with Gasteiger partial charge in [0.25, 0.3) is 5.89 Å². The van der Waals surface area contributed by atoms with Crippen LogP contribution in [0.25, 0.3) is 0 Å². The molecule has 6 heteroatoms. The predicted octanol–water partition coefficient (Wildman–Crippen LogP) is 0.211. The molecule has 78 valence electrons. The molecular formula is C8H12N2O4. The van der Waals surface area contributed by atoms with Crippen molar-refractivity contribution in [1.29, 1.82) is 0 Å². The van der Waals surface area contributed by atoms with Crippen LogP contribution in [-0.4, -0.2) is 35.1 Å². The van der Waals surface area contributed by atoms with E-state index in [4.69, 9.17) is 19.1 Å².